The second-order valence-electron chi connectivity index (χ2n) is 5.92. The first-order valence-electron chi connectivity index (χ1n) is 7.19. The zero-order chi connectivity index (χ0) is 19.0. The van der Waals surface area contributed by atoms with Crippen LogP contribution in [0.4, 0.5) is 13.2 Å². The number of halogens is 3. The van der Waals surface area contributed by atoms with Crippen LogP contribution in [0, 0.1) is 0 Å². The van der Waals surface area contributed by atoms with Gasteiger partial charge in [0.2, 0.25) is 0 Å². The number of alkyl halides is 3. The van der Waals surface area contributed by atoms with Gasteiger partial charge in [-0.2, -0.15) is 18.3 Å². The molecule has 134 valence electrons. The number of rotatable bonds is 4. The van der Waals surface area contributed by atoms with Gasteiger partial charge in [-0.1, -0.05) is 6.07 Å². The molecule has 0 spiro atoms. The number of carboxylic acids is 1. The van der Waals surface area contributed by atoms with Gasteiger partial charge in [0.1, 0.15) is 5.54 Å². The molecule has 6 nitrogen and oxygen atoms in total. The van der Waals surface area contributed by atoms with Gasteiger partial charge in [-0.15, -0.1) is 0 Å². The first-order valence-corrected chi connectivity index (χ1v) is 7.19. The molecule has 0 atom stereocenters. The van der Waals surface area contributed by atoms with E-state index in [0.717, 1.165) is 21.8 Å². The molecule has 0 radical (unpaired) electrons. The standard InChI is InChI=1S/C16H16F3N3O3/c1-15(2,14(24)25)21(3)13(23)10-5-4-6-11(9-10)22-8-7-12(20-22)16(17,18)19/h4-9H,1-3H3,(H,24,25). The van der Waals surface area contributed by atoms with Crippen LogP contribution in [0.3, 0.4) is 0 Å². The second kappa shape index (κ2) is 6.23. The van der Waals surface area contributed by atoms with Gasteiger partial charge in [0.15, 0.2) is 5.69 Å². The van der Waals surface area contributed by atoms with Gasteiger partial charge >= 0.3 is 12.1 Å². The Morgan fingerprint density at radius 3 is 2.36 bits per heavy atom. The minimum absolute atomic E-state index is 0.137. The van der Waals surface area contributed by atoms with Gasteiger partial charge in [-0.3, -0.25) is 4.79 Å². The lowest BCUT2D eigenvalue weighted by Gasteiger charge is -2.31. The summed E-state index contributed by atoms with van der Waals surface area (Å²) in [7, 11) is 1.35. The molecule has 2 aromatic rings. The van der Waals surface area contributed by atoms with E-state index in [4.69, 9.17) is 0 Å². The zero-order valence-electron chi connectivity index (χ0n) is 13.7. The van der Waals surface area contributed by atoms with E-state index in [-0.39, 0.29) is 11.3 Å². The quantitative estimate of drug-likeness (QED) is 0.915. The number of likely N-dealkylation sites (N-methyl/N-ethyl adjacent to an activating group) is 1. The molecule has 0 aliphatic rings. The maximum atomic E-state index is 12.6. The van der Waals surface area contributed by atoms with Crippen LogP contribution in [-0.2, 0) is 11.0 Å². The minimum atomic E-state index is -4.57. The summed E-state index contributed by atoms with van der Waals surface area (Å²) in [6.45, 7) is 2.75. The van der Waals surface area contributed by atoms with Crippen LogP contribution in [0.25, 0.3) is 5.69 Å². The molecule has 1 heterocycles. The summed E-state index contributed by atoms with van der Waals surface area (Å²) in [6.07, 6.45) is -3.43. The average molecular weight is 355 g/mol. The van der Waals surface area contributed by atoms with Gasteiger partial charge in [-0.25, -0.2) is 9.48 Å². The smallest absolute Gasteiger partial charge is 0.435 e. The molecule has 0 unspecified atom stereocenters. The summed E-state index contributed by atoms with van der Waals surface area (Å²) in [4.78, 5) is 24.8. The Morgan fingerprint density at radius 1 is 1.20 bits per heavy atom. The normalized spacial score (nSPS) is 12.1. The Kier molecular flexibility index (Phi) is 4.61. The summed E-state index contributed by atoms with van der Waals surface area (Å²) in [5.74, 6) is -1.75. The first-order chi connectivity index (χ1) is 11.4. The fraction of sp³-hybridized carbons (Fsp3) is 0.312. The maximum Gasteiger partial charge on any atom is 0.435 e. The third-order valence-electron chi connectivity index (χ3n) is 3.90. The summed E-state index contributed by atoms with van der Waals surface area (Å²) in [5.41, 5.74) is -2.10. The van der Waals surface area contributed by atoms with E-state index in [1.807, 2.05) is 0 Å². The SMILES string of the molecule is CN(C(=O)c1cccc(-n2ccc(C(F)(F)F)n2)c1)C(C)(C)C(=O)O. The van der Waals surface area contributed by atoms with Crippen molar-refractivity contribution in [2.24, 2.45) is 0 Å². The fourth-order valence-electron chi connectivity index (χ4n) is 1.99. The molecular formula is C16H16F3N3O3. The number of nitrogens with zero attached hydrogens (tertiary/aromatic N) is 3. The van der Waals surface area contributed by atoms with Crippen molar-refractivity contribution in [3.05, 3.63) is 47.8 Å². The molecule has 2 rings (SSSR count). The third kappa shape index (κ3) is 3.65. The number of carboxylic acid groups (broad SMARTS) is 1. The molecule has 0 saturated heterocycles. The predicted octanol–water partition coefficient (Wildman–Crippen LogP) is 2.83. The van der Waals surface area contributed by atoms with Crippen LogP contribution < -0.4 is 0 Å². The lowest BCUT2D eigenvalue weighted by atomic mass is 10.0. The van der Waals surface area contributed by atoms with Crippen LogP contribution in [0.1, 0.15) is 29.9 Å². The Bertz CT molecular complexity index is 812. The lowest BCUT2D eigenvalue weighted by molar-refractivity contribution is -0.147. The Hall–Kier alpha value is -2.84. The molecule has 1 aromatic carbocycles. The number of benzene rings is 1. The molecule has 0 aliphatic heterocycles. The number of aromatic nitrogens is 2. The highest BCUT2D eigenvalue weighted by Gasteiger charge is 2.36. The van der Waals surface area contributed by atoms with Gasteiger partial charge in [-0.05, 0) is 38.1 Å². The second-order valence-corrected chi connectivity index (χ2v) is 5.92. The van der Waals surface area contributed by atoms with E-state index < -0.39 is 29.3 Å². The molecule has 1 aromatic heterocycles. The lowest BCUT2D eigenvalue weighted by Crippen LogP contribution is -2.50. The number of hydrogen-bond donors (Lipinski definition) is 1. The monoisotopic (exact) mass is 355 g/mol. The highest BCUT2D eigenvalue weighted by molar-refractivity contribution is 5.97. The molecule has 0 aliphatic carbocycles. The Balaban J connectivity index is 2.34. The number of hydrogen-bond acceptors (Lipinski definition) is 3. The van der Waals surface area contributed by atoms with Crippen molar-refractivity contribution in [2.75, 3.05) is 7.05 Å². The van der Waals surface area contributed by atoms with Crippen LogP contribution in [-0.4, -0.2) is 44.3 Å². The van der Waals surface area contributed by atoms with E-state index >= 15 is 0 Å². The topological polar surface area (TPSA) is 75.4 Å². The van der Waals surface area contributed by atoms with E-state index in [1.165, 1.54) is 45.2 Å². The predicted molar refractivity (Wildman–Crippen MR) is 82.4 cm³/mol. The van der Waals surface area contributed by atoms with Crippen LogP contribution in [0.2, 0.25) is 0 Å². The molecule has 0 saturated carbocycles. The minimum Gasteiger partial charge on any atom is -0.480 e. The first kappa shape index (κ1) is 18.5. The van der Waals surface area contributed by atoms with E-state index in [9.17, 15) is 27.9 Å². The van der Waals surface area contributed by atoms with Crippen molar-refractivity contribution in [2.45, 2.75) is 25.6 Å². The summed E-state index contributed by atoms with van der Waals surface area (Å²) in [6, 6.07) is 6.61. The largest absolute Gasteiger partial charge is 0.480 e. The van der Waals surface area contributed by atoms with Crippen molar-refractivity contribution in [1.82, 2.24) is 14.7 Å². The van der Waals surface area contributed by atoms with Crippen LogP contribution in [0.15, 0.2) is 36.5 Å². The highest BCUT2D eigenvalue weighted by Crippen LogP contribution is 2.28. The summed E-state index contributed by atoms with van der Waals surface area (Å²) >= 11 is 0. The van der Waals surface area contributed by atoms with Crippen molar-refractivity contribution in [3.8, 4) is 5.69 Å². The molecule has 1 N–H and O–H groups in total. The molecular weight excluding hydrogens is 339 g/mol. The van der Waals surface area contributed by atoms with E-state index in [1.54, 1.807) is 0 Å². The maximum absolute atomic E-state index is 12.6. The van der Waals surface area contributed by atoms with Gasteiger partial charge < -0.3 is 10.0 Å². The zero-order valence-corrected chi connectivity index (χ0v) is 13.7. The molecule has 0 fully saturated rings. The number of amides is 1. The van der Waals surface area contributed by atoms with Crippen molar-refractivity contribution < 1.29 is 27.9 Å². The Morgan fingerprint density at radius 2 is 1.84 bits per heavy atom. The van der Waals surface area contributed by atoms with Crippen molar-refractivity contribution >= 4 is 11.9 Å². The molecule has 9 heteroatoms. The van der Waals surface area contributed by atoms with Crippen molar-refractivity contribution in [1.29, 1.82) is 0 Å². The molecule has 25 heavy (non-hydrogen) atoms. The molecule has 1 amide bonds. The number of aliphatic carboxylic acids is 1. The number of carbonyl (C=O) groups is 2. The summed E-state index contributed by atoms with van der Waals surface area (Å²) < 4.78 is 38.9. The van der Waals surface area contributed by atoms with Gasteiger partial charge in [0.05, 0.1) is 5.69 Å². The Labute approximate surface area is 141 Å². The van der Waals surface area contributed by atoms with E-state index in [0.29, 0.717) is 0 Å². The number of carbonyl (C=O) groups excluding carboxylic acids is 1. The average Bonchev–Trinajstić information content (AvgIpc) is 3.03. The highest BCUT2D eigenvalue weighted by atomic mass is 19.4. The van der Waals surface area contributed by atoms with Crippen LogP contribution in [0.5, 0.6) is 0 Å². The van der Waals surface area contributed by atoms with Gasteiger partial charge in [0, 0.05) is 18.8 Å². The molecule has 0 bridgehead atoms. The fourth-order valence-corrected chi connectivity index (χ4v) is 1.99. The van der Waals surface area contributed by atoms with E-state index in [2.05, 4.69) is 5.10 Å². The van der Waals surface area contributed by atoms with Crippen molar-refractivity contribution in [3.63, 3.8) is 0 Å². The van der Waals surface area contributed by atoms with Crippen LogP contribution >= 0.6 is 0 Å². The summed E-state index contributed by atoms with van der Waals surface area (Å²) in [5, 5.41) is 12.7. The van der Waals surface area contributed by atoms with Gasteiger partial charge in [0.25, 0.3) is 5.91 Å². The third-order valence-corrected chi connectivity index (χ3v) is 3.90.